The molecule has 0 radical (unpaired) electrons. The largest absolute Gasteiger partial charge is 0.354 e. The summed E-state index contributed by atoms with van der Waals surface area (Å²) in [5, 5.41) is 4.20. The summed E-state index contributed by atoms with van der Waals surface area (Å²) in [6, 6.07) is 10.3. The Hall–Kier alpha value is -1.41. The number of ether oxygens (including phenoxy) is 1. The minimum absolute atomic E-state index is 0.0351. The maximum atomic E-state index is 12.8. The molecule has 2 heterocycles. The molecule has 1 unspecified atom stereocenters. The zero-order chi connectivity index (χ0) is 16.4. The second kappa shape index (κ2) is 6.60. The fourth-order valence-corrected chi connectivity index (χ4v) is 3.51. The van der Waals surface area contributed by atoms with Gasteiger partial charge in [0.25, 0.3) is 0 Å². The number of carbonyl (C=O) groups excluding carboxylic acids is 1. The zero-order valence-corrected chi connectivity index (χ0v) is 15.4. The lowest BCUT2D eigenvalue weighted by Gasteiger charge is -2.33. The smallest absolute Gasteiger partial charge is 0.246 e. The molecule has 1 aromatic carbocycles. The second-order valence-electron chi connectivity index (χ2n) is 6.22. The van der Waals surface area contributed by atoms with E-state index in [0.717, 1.165) is 9.99 Å². The normalized spacial score (nSPS) is 20.0. The Morgan fingerprint density at radius 3 is 2.78 bits per heavy atom. The Bertz CT molecular complexity index is 684. The molecular formula is C17H20IN3O2. The number of aromatic nitrogens is 2. The summed E-state index contributed by atoms with van der Waals surface area (Å²) in [6.07, 6.45) is 4.42. The van der Waals surface area contributed by atoms with Gasteiger partial charge in [-0.3, -0.25) is 9.48 Å². The standard InChI is InChI=1S/C17H20IN3O2/c1-17(2)21(16(22)11-20-10-14(18)9-19-20)15(12-23-17)8-13-6-4-3-5-7-13/h3-7,9-10,15H,8,11-12H2,1-2H3. The van der Waals surface area contributed by atoms with Crippen LogP contribution in [-0.4, -0.2) is 39.0 Å². The molecule has 1 aromatic heterocycles. The monoisotopic (exact) mass is 425 g/mol. The van der Waals surface area contributed by atoms with Gasteiger partial charge < -0.3 is 9.64 Å². The van der Waals surface area contributed by atoms with Crippen LogP contribution in [0.5, 0.6) is 0 Å². The van der Waals surface area contributed by atoms with E-state index in [0.29, 0.717) is 6.61 Å². The predicted octanol–water partition coefficient (Wildman–Crippen LogP) is 2.69. The number of nitrogens with zero attached hydrogens (tertiary/aromatic N) is 3. The van der Waals surface area contributed by atoms with Gasteiger partial charge in [0.1, 0.15) is 12.3 Å². The highest BCUT2D eigenvalue weighted by atomic mass is 127. The Morgan fingerprint density at radius 2 is 2.13 bits per heavy atom. The first-order valence-electron chi connectivity index (χ1n) is 7.64. The summed E-state index contributed by atoms with van der Waals surface area (Å²) >= 11 is 2.19. The Balaban J connectivity index is 1.76. The van der Waals surface area contributed by atoms with Crippen LogP contribution in [-0.2, 0) is 22.5 Å². The number of amides is 1. The molecule has 23 heavy (non-hydrogen) atoms. The minimum atomic E-state index is -0.586. The third-order valence-corrected chi connectivity index (χ3v) is 4.61. The fourth-order valence-electron chi connectivity index (χ4n) is 3.06. The lowest BCUT2D eigenvalue weighted by Crippen LogP contribution is -2.49. The van der Waals surface area contributed by atoms with Gasteiger partial charge in [-0.2, -0.15) is 5.10 Å². The van der Waals surface area contributed by atoms with E-state index in [4.69, 9.17) is 4.74 Å². The molecule has 1 saturated heterocycles. The lowest BCUT2D eigenvalue weighted by atomic mass is 10.0. The summed E-state index contributed by atoms with van der Waals surface area (Å²) in [7, 11) is 0. The van der Waals surface area contributed by atoms with Gasteiger partial charge in [0.05, 0.1) is 22.4 Å². The molecule has 1 atom stereocenters. The zero-order valence-electron chi connectivity index (χ0n) is 13.3. The van der Waals surface area contributed by atoms with E-state index in [2.05, 4.69) is 39.8 Å². The number of benzene rings is 1. The van der Waals surface area contributed by atoms with E-state index in [1.54, 1.807) is 10.9 Å². The molecule has 3 rings (SSSR count). The molecule has 0 saturated carbocycles. The summed E-state index contributed by atoms with van der Waals surface area (Å²) in [5.41, 5.74) is 0.627. The third kappa shape index (κ3) is 3.74. The maximum Gasteiger partial charge on any atom is 0.246 e. The molecule has 0 N–H and O–H groups in total. The van der Waals surface area contributed by atoms with Crippen molar-refractivity contribution < 1.29 is 9.53 Å². The van der Waals surface area contributed by atoms with Gasteiger partial charge in [0, 0.05) is 6.20 Å². The predicted molar refractivity (Wildman–Crippen MR) is 95.8 cm³/mol. The molecule has 0 aliphatic carbocycles. The van der Waals surface area contributed by atoms with Crippen molar-refractivity contribution in [2.45, 2.75) is 38.6 Å². The minimum Gasteiger partial charge on any atom is -0.354 e. The van der Waals surface area contributed by atoms with Crippen molar-refractivity contribution in [3.05, 3.63) is 51.9 Å². The summed E-state index contributed by atoms with van der Waals surface area (Å²) in [4.78, 5) is 14.7. The quantitative estimate of drug-likeness (QED) is 0.708. The second-order valence-corrected chi connectivity index (χ2v) is 7.47. The van der Waals surface area contributed by atoms with Crippen LogP contribution in [0.1, 0.15) is 19.4 Å². The van der Waals surface area contributed by atoms with Crippen LogP contribution in [0.15, 0.2) is 42.7 Å². The van der Waals surface area contributed by atoms with E-state index in [1.807, 2.05) is 43.1 Å². The Kier molecular flexibility index (Phi) is 4.72. The highest BCUT2D eigenvalue weighted by molar-refractivity contribution is 14.1. The SMILES string of the molecule is CC1(C)OCC(Cc2ccccc2)N1C(=O)Cn1cc(I)cn1. The highest BCUT2D eigenvalue weighted by Gasteiger charge is 2.43. The van der Waals surface area contributed by atoms with Crippen LogP contribution < -0.4 is 0 Å². The van der Waals surface area contributed by atoms with Crippen molar-refractivity contribution in [1.82, 2.24) is 14.7 Å². The average Bonchev–Trinajstić information content (AvgIpc) is 3.03. The van der Waals surface area contributed by atoms with Crippen LogP contribution >= 0.6 is 22.6 Å². The molecular weight excluding hydrogens is 405 g/mol. The molecule has 6 heteroatoms. The lowest BCUT2D eigenvalue weighted by molar-refractivity contribution is -0.146. The molecule has 1 amide bonds. The van der Waals surface area contributed by atoms with E-state index < -0.39 is 5.72 Å². The van der Waals surface area contributed by atoms with Gasteiger partial charge in [-0.1, -0.05) is 30.3 Å². The Labute approximate surface area is 149 Å². The van der Waals surface area contributed by atoms with Crippen LogP contribution in [0.25, 0.3) is 0 Å². The van der Waals surface area contributed by atoms with Crippen LogP contribution in [0.2, 0.25) is 0 Å². The van der Waals surface area contributed by atoms with Crippen molar-refractivity contribution >= 4 is 28.5 Å². The number of rotatable bonds is 4. The molecule has 2 aromatic rings. The maximum absolute atomic E-state index is 12.8. The molecule has 0 bridgehead atoms. The van der Waals surface area contributed by atoms with Gasteiger partial charge in [-0.25, -0.2) is 0 Å². The van der Waals surface area contributed by atoms with Gasteiger partial charge in [-0.05, 0) is 48.4 Å². The fraction of sp³-hybridized carbons (Fsp3) is 0.412. The number of hydrogen-bond acceptors (Lipinski definition) is 3. The first-order valence-corrected chi connectivity index (χ1v) is 8.71. The van der Waals surface area contributed by atoms with Gasteiger partial charge in [0.15, 0.2) is 0 Å². The highest BCUT2D eigenvalue weighted by Crippen LogP contribution is 2.29. The summed E-state index contributed by atoms with van der Waals surface area (Å²) in [5.74, 6) is 0.0351. The Morgan fingerprint density at radius 1 is 1.39 bits per heavy atom. The molecule has 1 fully saturated rings. The third-order valence-electron chi connectivity index (χ3n) is 4.06. The van der Waals surface area contributed by atoms with Gasteiger partial charge in [0.2, 0.25) is 5.91 Å². The van der Waals surface area contributed by atoms with E-state index in [1.165, 1.54) is 5.56 Å². The van der Waals surface area contributed by atoms with Crippen molar-refractivity contribution in [2.75, 3.05) is 6.61 Å². The van der Waals surface area contributed by atoms with Crippen molar-refractivity contribution in [1.29, 1.82) is 0 Å². The van der Waals surface area contributed by atoms with Crippen molar-refractivity contribution in [3.63, 3.8) is 0 Å². The number of hydrogen-bond donors (Lipinski definition) is 0. The van der Waals surface area contributed by atoms with Crippen LogP contribution in [0.3, 0.4) is 0 Å². The van der Waals surface area contributed by atoms with Gasteiger partial charge >= 0.3 is 0 Å². The number of carbonyl (C=O) groups is 1. The molecule has 1 aliphatic heterocycles. The molecule has 5 nitrogen and oxygen atoms in total. The average molecular weight is 425 g/mol. The molecule has 1 aliphatic rings. The molecule has 122 valence electrons. The van der Waals surface area contributed by atoms with Crippen molar-refractivity contribution in [2.24, 2.45) is 0 Å². The number of halogens is 1. The van der Waals surface area contributed by atoms with E-state index in [-0.39, 0.29) is 18.5 Å². The summed E-state index contributed by atoms with van der Waals surface area (Å²) < 4.78 is 8.58. The van der Waals surface area contributed by atoms with E-state index >= 15 is 0 Å². The molecule has 0 spiro atoms. The van der Waals surface area contributed by atoms with Crippen LogP contribution in [0, 0.1) is 3.57 Å². The first-order chi connectivity index (χ1) is 11.0. The van der Waals surface area contributed by atoms with Crippen molar-refractivity contribution in [3.8, 4) is 0 Å². The van der Waals surface area contributed by atoms with E-state index in [9.17, 15) is 4.79 Å². The topological polar surface area (TPSA) is 47.4 Å². The summed E-state index contributed by atoms with van der Waals surface area (Å²) in [6.45, 7) is 4.69. The van der Waals surface area contributed by atoms with Crippen LogP contribution in [0.4, 0.5) is 0 Å². The van der Waals surface area contributed by atoms with Gasteiger partial charge in [-0.15, -0.1) is 0 Å². The first kappa shape index (κ1) is 16.4.